The lowest BCUT2D eigenvalue weighted by Gasteiger charge is -2.31. The van der Waals surface area contributed by atoms with Gasteiger partial charge in [-0.15, -0.1) is 0 Å². The van der Waals surface area contributed by atoms with Crippen LogP contribution in [0.3, 0.4) is 0 Å². The lowest BCUT2D eigenvalue weighted by atomic mass is 9.78. The van der Waals surface area contributed by atoms with E-state index in [1.807, 2.05) is 42.5 Å². The largest absolute Gasteiger partial charge is 0.497 e. The Morgan fingerprint density at radius 3 is 2.50 bits per heavy atom. The number of allylic oxidation sites excluding steroid dienone is 1. The van der Waals surface area contributed by atoms with Crippen molar-refractivity contribution < 1.29 is 18.7 Å². The zero-order valence-electron chi connectivity index (χ0n) is 18.8. The number of halogens is 2. The van der Waals surface area contributed by atoms with Gasteiger partial charge in [0.25, 0.3) is 0 Å². The zero-order valence-corrected chi connectivity index (χ0v) is 19.6. The van der Waals surface area contributed by atoms with Crippen molar-refractivity contribution in [1.82, 2.24) is 0 Å². The number of carbonyl (C=O) groups is 1. The van der Waals surface area contributed by atoms with Crippen LogP contribution in [0.15, 0.2) is 71.9 Å². The smallest absolute Gasteiger partial charge is 0.163 e. The van der Waals surface area contributed by atoms with E-state index in [0.717, 1.165) is 22.6 Å². The molecule has 0 spiro atoms. The van der Waals surface area contributed by atoms with Crippen LogP contribution < -0.4 is 20.1 Å². The number of fused-ring (bicyclic) bond motifs is 1. The van der Waals surface area contributed by atoms with Gasteiger partial charge in [0.15, 0.2) is 5.78 Å². The van der Waals surface area contributed by atoms with Gasteiger partial charge in [0.2, 0.25) is 0 Å². The average Bonchev–Trinajstić information content (AvgIpc) is 3.00. The number of ether oxygens (including phenoxy) is 2. The molecular formula is C27H24ClFN2O3. The lowest BCUT2D eigenvalue weighted by Crippen LogP contribution is -2.27. The summed E-state index contributed by atoms with van der Waals surface area (Å²) in [5.74, 6) is 0.725. The summed E-state index contributed by atoms with van der Waals surface area (Å²) in [6.07, 6.45) is 0.799. The summed E-state index contributed by atoms with van der Waals surface area (Å²) in [6.45, 7) is 0. The van der Waals surface area contributed by atoms with Crippen molar-refractivity contribution >= 4 is 28.8 Å². The first-order valence-electron chi connectivity index (χ1n) is 11.0. The van der Waals surface area contributed by atoms with Gasteiger partial charge in [-0.3, -0.25) is 4.79 Å². The molecule has 0 saturated heterocycles. The molecule has 34 heavy (non-hydrogen) atoms. The second kappa shape index (κ2) is 9.03. The maximum Gasteiger partial charge on any atom is 0.163 e. The van der Waals surface area contributed by atoms with Crippen LogP contribution in [-0.2, 0) is 4.79 Å². The Balaban J connectivity index is 1.65. The molecule has 2 aliphatic rings. The van der Waals surface area contributed by atoms with Crippen molar-refractivity contribution in [1.29, 1.82) is 0 Å². The highest BCUT2D eigenvalue weighted by Gasteiger charge is 2.38. The van der Waals surface area contributed by atoms with Crippen LogP contribution in [0.1, 0.15) is 35.9 Å². The number of benzene rings is 3. The quantitative estimate of drug-likeness (QED) is 0.449. The molecule has 2 atom stereocenters. The summed E-state index contributed by atoms with van der Waals surface area (Å²) >= 11 is 6.45. The molecule has 0 fully saturated rings. The third-order valence-electron chi connectivity index (χ3n) is 6.47. The number of methoxy groups -OCH3 is 2. The summed E-state index contributed by atoms with van der Waals surface area (Å²) < 4.78 is 26.0. The molecule has 0 bridgehead atoms. The number of hydrogen-bond acceptors (Lipinski definition) is 5. The minimum atomic E-state index is -0.722. The van der Waals surface area contributed by atoms with Crippen molar-refractivity contribution in [3.63, 3.8) is 0 Å². The Morgan fingerprint density at radius 2 is 1.76 bits per heavy atom. The SMILES string of the molecule is COc1ccc(OC)c(C2CC(=O)C3=C(C2)Nc2ccccc2NC3c2c(F)cccc2Cl)c1. The maximum atomic E-state index is 15.0. The molecule has 3 aromatic rings. The number of anilines is 2. The molecule has 2 unspecified atom stereocenters. The highest BCUT2D eigenvalue weighted by atomic mass is 35.5. The van der Waals surface area contributed by atoms with Crippen LogP contribution in [-0.4, -0.2) is 20.0 Å². The molecule has 5 rings (SSSR count). The van der Waals surface area contributed by atoms with Gasteiger partial charge in [-0.2, -0.15) is 0 Å². The van der Waals surface area contributed by atoms with Crippen LogP contribution >= 0.6 is 11.6 Å². The van der Waals surface area contributed by atoms with Crippen molar-refractivity contribution in [2.75, 3.05) is 24.9 Å². The molecule has 1 aliphatic carbocycles. The van der Waals surface area contributed by atoms with E-state index in [1.165, 1.54) is 6.07 Å². The Labute approximate surface area is 202 Å². The van der Waals surface area contributed by atoms with E-state index in [-0.39, 0.29) is 28.7 Å². The number of para-hydroxylation sites is 2. The fraction of sp³-hybridized carbons (Fsp3) is 0.222. The molecule has 0 saturated carbocycles. The van der Waals surface area contributed by atoms with Crippen LogP contribution in [0.2, 0.25) is 5.02 Å². The molecule has 1 heterocycles. The van der Waals surface area contributed by atoms with Gasteiger partial charge in [-0.25, -0.2) is 4.39 Å². The number of nitrogens with one attached hydrogen (secondary N) is 2. The Kier molecular flexibility index (Phi) is 5.92. The number of Topliss-reactive ketones (excluding diaryl/α,β-unsaturated/α-hetero) is 1. The minimum Gasteiger partial charge on any atom is -0.497 e. The fourth-order valence-electron chi connectivity index (χ4n) is 4.87. The van der Waals surface area contributed by atoms with Crippen LogP contribution in [0, 0.1) is 5.82 Å². The van der Waals surface area contributed by atoms with E-state index in [2.05, 4.69) is 10.6 Å². The van der Waals surface area contributed by atoms with Crippen molar-refractivity contribution in [2.24, 2.45) is 0 Å². The number of hydrogen-bond donors (Lipinski definition) is 2. The molecule has 174 valence electrons. The van der Waals surface area contributed by atoms with Crippen molar-refractivity contribution in [3.8, 4) is 11.5 Å². The third-order valence-corrected chi connectivity index (χ3v) is 6.80. The van der Waals surface area contributed by atoms with Gasteiger partial charge < -0.3 is 20.1 Å². The lowest BCUT2D eigenvalue weighted by molar-refractivity contribution is -0.116. The molecule has 3 aromatic carbocycles. The van der Waals surface area contributed by atoms with Crippen LogP contribution in [0.5, 0.6) is 11.5 Å². The predicted molar refractivity (Wildman–Crippen MR) is 131 cm³/mol. The van der Waals surface area contributed by atoms with Gasteiger partial charge in [-0.05, 0) is 48.9 Å². The van der Waals surface area contributed by atoms with E-state index in [9.17, 15) is 4.79 Å². The molecule has 0 amide bonds. The Hall–Kier alpha value is -3.51. The monoisotopic (exact) mass is 478 g/mol. The van der Waals surface area contributed by atoms with Gasteiger partial charge in [0.1, 0.15) is 17.3 Å². The third kappa shape index (κ3) is 3.88. The summed E-state index contributed by atoms with van der Waals surface area (Å²) in [6, 6.07) is 17.1. The predicted octanol–water partition coefficient (Wildman–Crippen LogP) is 6.48. The first kappa shape index (κ1) is 22.3. The number of carbonyl (C=O) groups excluding carboxylic acids is 1. The van der Waals surface area contributed by atoms with E-state index in [4.69, 9.17) is 21.1 Å². The Bertz CT molecular complexity index is 1290. The number of rotatable bonds is 4. The van der Waals surface area contributed by atoms with E-state index >= 15 is 4.39 Å². The average molecular weight is 479 g/mol. The highest BCUT2D eigenvalue weighted by Crippen LogP contribution is 2.47. The van der Waals surface area contributed by atoms with Gasteiger partial charge in [0.05, 0.1) is 31.6 Å². The molecule has 1 aliphatic heterocycles. The standard InChI is InChI=1S/C27H24ClFN2O3/c1-33-16-10-11-24(34-2)17(14-16)15-12-22-26(23(32)13-15)27(25-18(28)6-5-7-19(25)29)31-21-9-4-3-8-20(21)30-22/h3-11,14-15,27,30-31H,12-13H2,1-2H3. The summed E-state index contributed by atoms with van der Waals surface area (Å²) in [5, 5.41) is 7.10. The molecular weight excluding hydrogens is 455 g/mol. The second-order valence-electron chi connectivity index (χ2n) is 8.41. The van der Waals surface area contributed by atoms with E-state index in [1.54, 1.807) is 26.4 Å². The zero-order chi connectivity index (χ0) is 23.8. The molecule has 2 N–H and O–H groups in total. The first-order valence-corrected chi connectivity index (χ1v) is 11.4. The van der Waals surface area contributed by atoms with Crippen molar-refractivity contribution in [2.45, 2.75) is 24.8 Å². The van der Waals surface area contributed by atoms with Gasteiger partial charge >= 0.3 is 0 Å². The van der Waals surface area contributed by atoms with Crippen LogP contribution in [0.4, 0.5) is 15.8 Å². The van der Waals surface area contributed by atoms with Crippen molar-refractivity contribution in [3.05, 3.63) is 93.9 Å². The minimum absolute atomic E-state index is 0.0757. The Morgan fingerprint density at radius 1 is 0.971 bits per heavy atom. The summed E-state index contributed by atoms with van der Waals surface area (Å²) in [7, 11) is 3.22. The molecule has 0 aromatic heterocycles. The van der Waals surface area contributed by atoms with Gasteiger partial charge in [0, 0.05) is 39.8 Å². The topological polar surface area (TPSA) is 59.6 Å². The molecule has 0 radical (unpaired) electrons. The highest BCUT2D eigenvalue weighted by molar-refractivity contribution is 6.31. The van der Waals surface area contributed by atoms with E-state index in [0.29, 0.717) is 23.5 Å². The van der Waals surface area contributed by atoms with Gasteiger partial charge in [-0.1, -0.05) is 29.8 Å². The maximum absolute atomic E-state index is 15.0. The second-order valence-corrected chi connectivity index (χ2v) is 8.82. The molecule has 7 heteroatoms. The summed E-state index contributed by atoms with van der Waals surface area (Å²) in [5.41, 5.74) is 3.99. The first-order chi connectivity index (χ1) is 16.5. The summed E-state index contributed by atoms with van der Waals surface area (Å²) in [4.78, 5) is 13.7. The fourth-order valence-corrected chi connectivity index (χ4v) is 5.15. The molecule has 5 nitrogen and oxygen atoms in total. The normalized spacial score (nSPS) is 19.4. The van der Waals surface area contributed by atoms with E-state index < -0.39 is 11.9 Å². The number of ketones is 1. The van der Waals surface area contributed by atoms with Crippen LogP contribution in [0.25, 0.3) is 0 Å².